The lowest BCUT2D eigenvalue weighted by atomic mass is 10.2. The number of halogens is 1. The summed E-state index contributed by atoms with van der Waals surface area (Å²) >= 11 is 3.42. The predicted molar refractivity (Wildman–Crippen MR) is 89.8 cm³/mol. The zero-order chi connectivity index (χ0) is 16.8. The summed E-state index contributed by atoms with van der Waals surface area (Å²) in [4.78, 5) is 16.3. The molecule has 0 aliphatic heterocycles. The first-order valence-electron chi connectivity index (χ1n) is 6.95. The number of anilines is 2. The second-order valence-electron chi connectivity index (χ2n) is 4.98. The fourth-order valence-electron chi connectivity index (χ4n) is 1.92. The van der Waals surface area contributed by atoms with E-state index in [2.05, 4.69) is 26.2 Å². The third-order valence-corrected chi connectivity index (χ3v) is 3.41. The van der Waals surface area contributed by atoms with Gasteiger partial charge in [0.15, 0.2) is 0 Å². The van der Waals surface area contributed by atoms with Crippen molar-refractivity contribution < 1.29 is 19.7 Å². The number of carbonyl (C=O) groups is 1. The van der Waals surface area contributed by atoms with Gasteiger partial charge in [-0.05, 0) is 42.8 Å². The minimum absolute atomic E-state index is 0.246. The molecule has 3 N–H and O–H groups in total. The number of rotatable bonds is 6. The molecule has 0 aliphatic rings. The number of nitrogens with one attached hydrogen (secondary N) is 1. The molecule has 1 unspecified atom stereocenters. The highest BCUT2D eigenvalue weighted by Crippen LogP contribution is 2.24. The monoisotopic (exact) mass is 380 g/mol. The number of aliphatic hydroxyl groups excluding tert-OH is 2. The zero-order valence-electron chi connectivity index (χ0n) is 12.5. The van der Waals surface area contributed by atoms with Crippen molar-refractivity contribution in [3.05, 3.63) is 52.1 Å². The highest BCUT2D eigenvalue weighted by atomic mass is 79.9. The van der Waals surface area contributed by atoms with E-state index in [1.54, 1.807) is 18.3 Å². The molecule has 0 radical (unpaired) electrons. The molecule has 7 heteroatoms. The van der Waals surface area contributed by atoms with Crippen molar-refractivity contribution >= 4 is 33.4 Å². The molecule has 2 rings (SSSR count). The molecule has 0 aliphatic carbocycles. The van der Waals surface area contributed by atoms with Crippen LogP contribution in [0.1, 0.15) is 15.9 Å². The lowest BCUT2D eigenvalue weighted by molar-refractivity contribution is 0.00938. The number of hydrogen-bond acceptors (Lipinski definition) is 6. The van der Waals surface area contributed by atoms with Crippen LogP contribution in [0, 0.1) is 6.92 Å². The second-order valence-corrected chi connectivity index (χ2v) is 5.89. The summed E-state index contributed by atoms with van der Waals surface area (Å²) in [6.45, 7) is 1.21. The van der Waals surface area contributed by atoms with Crippen molar-refractivity contribution in [2.24, 2.45) is 0 Å². The Bertz CT molecular complexity index is 673. The van der Waals surface area contributed by atoms with Gasteiger partial charge in [-0.3, -0.25) is 0 Å². The molecule has 6 nitrogen and oxygen atoms in total. The van der Waals surface area contributed by atoms with E-state index in [0.29, 0.717) is 5.82 Å². The topological polar surface area (TPSA) is 91.7 Å². The Kier molecular flexibility index (Phi) is 6.09. The van der Waals surface area contributed by atoms with Gasteiger partial charge in [0.2, 0.25) is 0 Å². The molecule has 1 aromatic heterocycles. The van der Waals surface area contributed by atoms with Crippen LogP contribution in [-0.2, 0) is 4.74 Å². The molecule has 0 amide bonds. The zero-order valence-corrected chi connectivity index (χ0v) is 14.1. The summed E-state index contributed by atoms with van der Waals surface area (Å²) in [6, 6.07) is 8.95. The minimum atomic E-state index is -1.10. The molecule has 2 aromatic rings. The van der Waals surface area contributed by atoms with Gasteiger partial charge < -0.3 is 20.3 Å². The summed E-state index contributed by atoms with van der Waals surface area (Å²) < 4.78 is 5.88. The van der Waals surface area contributed by atoms with Crippen LogP contribution in [-0.4, -0.2) is 40.5 Å². The fourth-order valence-corrected chi connectivity index (χ4v) is 2.52. The van der Waals surface area contributed by atoms with E-state index in [1.807, 2.05) is 25.1 Å². The van der Waals surface area contributed by atoms with Crippen LogP contribution in [0.25, 0.3) is 0 Å². The average Bonchev–Trinajstić information content (AvgIpc) is 2.51. The van der Waals surface area contributed by atoms with Crippen LogP contribution < -0.4 is 5.32 Å². The maximum atomic E-state index is 12.1. The number of aryl methyl sites for hydroxylation is 1. The Morgan fingerprint density at radius 2 is 2.22 bits per heavy atom. The van der Waals surface area contributed by atoms with Crippen LogP contribution in [0.3, 0.4) is 0 Å². The SMILES string of the molecule is Cc1cc(Br)cc(Nc2ncccc2C(=O)OCC(O)CO)c1. The normalized spacial score (nSPS) is 11.8. The number of aliphatic hydroxyl groups is 2. The van der Waals surface area contributed by atoms with Gasteiger partial charge in [-0.2, -0.15) is 0 Å². The third kappa shape index (κ3) is 5.02. The van der Waals surface area contributed by atoms with Crippen LogP contribution in [0.4, 0.5) is 11.5 Å². The molecule has 0 saturated carbocycles. The van der Waals surface area contributed by atoms with E-state index in [9.17, 15) is 9.90 Å². The molecule has 1 atom stereocenters. The van der Waals surface area contributed by atoms with Crippen molar-refractivity contribution in [2.45, 2.75) is 13.0 Å². The van der Waals surface area contributed by atoms with E-state index in [1.165, 1.54) is 0 Å². The maximum Gasteiger partial charge on any atom is 0.342 e. The summed E-state index contributed by atoms with van der Waals surface area (Å²) in [5, 5.41) is 21.1. The highest BCUT2D eigenvalue weighted by Gasteiger charge is 2.15. The molecule has 0 spiro atoms. The molecular weight excluding hydrogens is 364 g/mol. The Morgan fingerprint density at radius 1 is 1.43 bits per heavy atom. The van der Waals surface area contributed by atoms with Gasteiger partial charge in [-0.1, -0.05) is 15.9 Å². The number of ether oxygens (including phenoxy) is 1. The van der Waals surface area contributed by atoms with Gasteiger partial charge in [0, 0.05) is 16.4 Å². The first-order chi connectivity index (χ1) is 11.0. The van der Waals surface area contributed by atoms with Gasteiger partial charge >= 0.3 is 5.97 Å². The lowest BCUT2D eigenvalue weighted by Crippen LogP contribution is -2.22. The van der Waals surface area contributed by atoms with E-state index in [4.69, 9.17) is 9.84 Å². The van der Waals surface area contributed by atoms with Crippen molar-refractivity contribution in [2.75, 3.05) is 18.5 Å². The minimum Gasteiger partial charge on any atom is -0.459 e. The maximum absolute atomic E-state index is 12.1. The molecule has 23 heavy (non-hydrogen) atoms. The Hall–Kier alpha value is -1.96. The number of nitrogens with zero attached hydrogens (tertiary/aromatic N) is 1. The van der Waals surface area contributed by atoms with E-state index in [-0.39, 0.29) is 12.2 Å². The standard InChI is InChI=1S/C16H17BrN2O4/c1-10-5-11(17)7-12(6-10)19-15-14(3-2-4-18-15)16(22)23-9-13(21)8-20/h2-7,13,20-21H,8-9H2,1H3,(H,18,19). The van der Waals surface area contributed by atoms with Crippen LogP contribution >= 0.6 is 15.9 Å². The van der Waals surface area contributed by atoms with E-state index < -0.39 is 18.7 Å². The van der Waals surface area contributed by atoms with Crippen molar-refractivity contribution in [3.63, 3.8) is 0 Å². The Balaban J connectivity index is 2.18. The first-order valence-corrected chi connectivity index (χ1v) is 7.74. The van der Waals surface area contributed by atoms with Crippen LogP contribution in [0.5, 0.6) is 0 Å². The Morgan fingerprint density at radius 3 is 2.91 bits per heavy atom. The first kappa shape index (κ1) is 17.4. The Labute approximate surface area is 142 Å². The van der Waals surface area contributed by atoms with E-state index in [0.717, 1.165) is 15.7 Å². The molecule has 0 fully saturated rings. The predicted octanol–water partition coefficient (Wildman–Crippen LogP) is 2.41. The van der Waals surface area contributed by atoms with Gasteiger partial charge in [0.25, 0.3) is 0 Å². The lowest BCUT2D eigenvalue weighted by Gasteiger charge is -2.12. The van der Waals surface area contributed by atoms with Gasteiger partial charge in [-0.15, -0.1) is 0 Å². The largest absolute Gasteiger partial charge is 0.459 e. The average molecular weight is 381 g/mol. The summed E-state index contributed by atoms with van der Waals surface area (Å²) in [7, 11) is 0. The van der Waals surface area contributed by atoms with Crippen molar-refractivity contribution in [1.29, 1.82) is 0 Å². The van der Waals surface area contributed by atoms with Gasteiger partial charge in [-0.25, -0.2) is 9.78 Å². The van der Waals surface area contributed by atoms with Crippen LogP contribution in [0.15, 0.2) is 41.0 Å². The van der Waals surface area contributed by atoms with Gasteiger partial charge in [0.1, 0.15) is 24.1 Å². The molecule has 122 valence electrons. The number of pyridine rings is 1. The number of hydrogen-bond donors (Lipinski definition) is 3. The molecule has 1 heterocycles. The van der Waals surface area contributed by atoms with Gasteiger partial charge in [0.05, 0.1) is 6.61 Å². The smallest absolute Gasteiger partial charge is 0.342 e. The summed E-state index contributed by atoms with van der Waals surface area (Å²) in [5.41, 5.74) is 2.07. The quantitative estimate of drug-likeness (QED) is 0.666. The highest BCUT2D eigenvalue weighted by molar-refractivity contribution is 9.10. The van der Waals surface area contributed by atoms with Crippen molar-refractivity contribution in [3.8, 4) is 0 Å². The third-order valence-electron chi connectivity index (χ3n) is 2.95. The summed E-state index contributed by atoms with van der Waals surface area (Å²) in [6.07, 6.45) is 0.465. The molecular formula is C16H17BrN2O4. The van der Waals surface area contributed by atoms with E-state index >= 15 is 0 Å². The number of aromatic nitrogens is 1. The fraction of sp³-hybridized carbons (Fsp3) is 0.250. The molecule has 0 bridgehead atoms. The number of esters is 1. The van der Waals surface area contributed by atoms with Crippen molar-refractivity contribution in [1.82, 2.24) is 4.98 Å². The molecule has 1 aromatic carbocycles. The number of carbonyl (C=O) groups excluding carboxylic acids is 1. The number of benzene rings is 1. The second kappa shape index (κ2) is 8.05. The molecule has 0 saturated heterocycles. The summed E-state index contributed by atoms with van der Waals surface area (Å²) in [5.74, 6) is -0.270. The van der Waals surface area contributed by atoms with Crippen LogP contribution in [0.2, 0.25) is 0 Å².